The van der Waals surface area contributed by atoms with Crippen LogP contribution in [-0.2, 0) is 4.79 Å². The molecule has 16 heavy (non-hydrogen) atoms. The molecular formula is C11H23ClN2OS. The molecule has 3 N–H and O–H groups in total. The van der Waals surface area contributed by atoms with Crippen LogP contribution in [0, 0.1) is 0 Å². The number of carbonyl (C=O) groups excluding carboxylic acids is 1. The first-order valence-electron chi connectivity index (χ1n) is 5.89. The van der Waals surface area contributed by atoms with Gasteiger partial charge in [-0.3, -0.25) is 4.79 Å². The highest BCUT2D eigenvalue weighted by molar-refractivity contribution is 7.99. The molecule has 1 fully saturated rings. The summed E-state index contributed by atoms with van der Waals surface area (Å²) in [6.07, 6.45) is 5.02. The van der Waals surface area contributed by atoms with Crippen LogP contribution in [0.15, 0.2) is 0 Å². The summed E-state index contributed by atoms with van der Waals surface area (Å²) in [7, 11) is 0. The van der Waals surface area contributed by atoms with Crippen molar-refractivity contribution in [3.05, 3.63) is 0 Å². The Morgan fingerprint density at radius 1 is 1.50 bits per heavy atom. The predicted molar refractivity (Wildman–Crippen MR) is 73.2 cm³/mol. The Morgan fingerprint density at radius 3 is 2.88 bits per heavy atom. The van der Waals surface area contributed by atoms with E-state index >= 15 is 0 Å². The van der Waals surface area contributed by atoms with Gasteiger partial charge in [0.25, 0.3) is 0 Å². The first-order chi connectivity index (χ1) is 7.27. The maximum absolute atomic E-state index is 11.5. The zero-order valence-corrected chi connectivity index (χ0v) is 11.5. The molecule has 1 rings (SSSR count). The molecule has 0 aromatic rings. The molecule has 1 saturated carbocycles. The lowest BCUT2D eigenvalue weighted by Crippen LogP contribution is -2.38. The van der Waals surface area contributed by atoms with Crippen molar-refractivity contribution in [2.24, 2.45) is 5.73 Å². The third-order valence-electron chi connectivity index (χ3n) is 2.79. The van der Waals surface area contributed by atoms with Gasteiger partial charge in [-0.25, -0.2) is 0 Å². The number of thioether (sulfide) groups is 1. The van der Waals surface area contributed by atoms with E-state index in [1.54, 1.807) is 0 Å². The van der Waals surface area contributed by atoms with Gasteiger partial charge in [0.2, 0.25) is 5.91 Å². The first-order valence-corrected chi connectivity index (χ1v) is 6.93. The van der Waals surface area contributed by atoms with Crippen molar-refractivity contribution in [2.75, 3.05) is 12.3 Å². The van der Waals surface area contributed by atoms with Crippen LogP contribution in [-0.4, -0.2) is 29.5 Å². The standard InChI is InChI=1S/C11H22N2OS.ClH/c1-2-15-10-6-3-5-9(10)13-11(14)7-4-8-12;/h9-10H,2-8,12H2,1H3,(H,13,14);1H. The van der Waals surface area contributed by atoms with Gasteiger partial charge in [-0.1, -0.05) is 13.3 Å². The molecule has 1 amide bonds. The van der Waals surface area contributed by atoms with Crippen LogP contribution in [0.5, 0.6) is 0 Å². The van der Waals surface area contributed by atoms with Crippen LogP contribution >= 0.6 is 24.2 Å². The average Bonchev–Trinajstić information content (AvgIpc) is 2.63. The van der Waals surface area contributed by atoms with E-state index < -0.39 is 0 Å². The summed E-state index contributed by atoms with van der Waals surface area (Å²) in [5.41, 5.74) is 5.38. The molecule has 2 atom stereocenters. The average molecular weight is 267 g/mol. The largest absolute Gasteiger partial charge is 0.352 e. The predicted octanol–water partition coefficient (Wildman–Crippen LogP) is 1.94. The minimum atomic E-state index is 0. The number of nitrogens with one attached hydrogen (secondary N) is 1. The smallest absolute Gasteiger partial charge is 0.220 e. The Balaban J connectivity index is 0.00000225. The number of hydrogen-bond donors (Lipinski definition) is 2. The van der Waals surface area contributed by atoms with Crippen molar-refractivity contribution in [1.29, 1.82) is 0 Å². The molecule has 1 aliphatic rings. The minimum Gasteiger partial charge on any atom is -0.352 e. The number of rotatable bonds is 6. The fraction of sp³-hybridized carbons (Fsp3) is 0.909. The van der Waals surface area contributed by atoms with Crippen molar-refractivity contribution >= 4 is 30.1 Å². The number of amides is 1. The second kappa shape index (κ2) is 9.14. The number of hydrogen-bond acceptors (Lipinski definition) is 3. The van der Waals surface area contributed by atoms with Crippen LogP contribution in [0.3, 0.4) is 0 Å². The Bertz CT molecular complexity index is 204. The van der Waals surface area contributed by atoms with Crippen molar-refractivity contribution in [2.45, 2.75) is 50.3 Å². The molecule has 0 aromatic heterocycles. The number of nitrogens with two attached hydrogens (primary N) is 1. The van der Waals surface area contributed by atoms with Gasteiger partial charge < -0.3 is 11.1 Å². The Labute approximate surface area is 109 Å². The highest BCUT2D eigenvalue weighted by atomic mass is 35.5. The summed E-state index contributed by atoms with van der Waals surface area (Å²) >= 11 is 1.97. The Morgan fingerprint density at radius 2 is 2.25 bits per heavy atom. The third-order valence-corrected chi connectivity index (χ3v) is 4.11. The molecule has 0 bridgehead atoms. The second-order valence-electron chi connectivity index (χ2n) is 3.99. The van der Waals surface area contributed by atoms with E-state index in [0.29, 0.717) is 24.3 Å². The van der Waals surface area contributed by atoms with E-state index in [0.717, 1.165) is 18.6 Å². The van der Waals surface area contributed by atoms with Crippen LogP contribution in [0.25, 0.3) is 0 Å². The van der Waals surface area contributed by atoms with Crippen LogP contribution < -0.4 is 11.1 Å². The molecule has 0 heterocycles. The molecule has 0 saturated heterocycles. The monoisotopic (exact) mass is 266 g/mol. The van der Waals surface area contributed by atoms with Crippen LogP contribution in [0.4, 0.5) is 0 Å². The molecular weight excluding hydrogens is 244 g/mol. The zero-order valence-electron chi connectivity index (χ0n) is 9.91. The summed E-state index contributed by atoms with van der Waals surface area (Å²) in [6.45, 7) is 2.78. The van der Waals surface area contributed by atoms with Gasteiger partial charge in [0.05, 0.1) is 0 Å². The fourth-order valence-electron chi connectivity index (χ4n) is 2.05. The maximum atomic E-state index is 11.5. The molecule has 0 spiro atoms. The normalized spacial score (nSPS) is 23.9. The first kappa shape index (κ1) is 16.1. The van der Waals surface area contributed by atoms with Crippen molar-refractivity contribution < 1.29 is 4.79 Å². The van der Waals surface area contributed by atoms with E-state index in [1.807, 2.05) is 11.8 Å². The van der Waals surface area contributed by atoms with Crippen LogP contribution in [0.1, 0.15) is 39.0 Å². The summed E-state index contributed by atoms with van der Waals surface area (Å²) in [4.78, 5) is 11.5. The van der Waals surface area contributed by atoms with Gasteiger partial charge in [0.1, 0.15) is 0 Å². The summed E-state index contributed by atoms with van der Waals surface area (Å²) in [5.74, 6) is 1.31. The number of halogens is 1. The van der Waals surface area contributed by atoms with Crippen LogP contribution in [0.2, 0.25) is 0 Å². The number of carbonyl (C=O) groups is 1. The molecule has 2 unspecified atom stereocenters. The van der Waals surface area contributed by atoms with Crippen molar-refractivity contribution in [3.63, 3.8) is 0 Å². The highest BCUT2D eigenvalue weighted by Gasteiger charge is 2.27. The highest BCUT2D eigenvalue weighted by Crippen LogP contribution is 2.29. The maximum Gasteiger partial charge on any atom is 0.220 e. The Hall–Kier alpha value is 0.0700. The Kier molecular flexibility index (Phi) is 9.18. The molecule has 0 aliphatic heterocycles. The molecule has 1 aliphatic carbocycles. The molecule has 5 heteroatoms. The summed E-state index contributed by atoms with van der Waals surface area (Å²) in [5, 5.41) is 3.77. The molecule has 0 radical (unpaired) electrons. The van der Waals surface area contributed by atoms with Gasteiger partial charge in [0, 0.05) is 17.7 Å². The molecule has 0 aromatic carbocycles. The lowest BCUT2D eigenvalue weighted by molar-refractivity contribution is -0.121. The zero-order chi connectivity index (χ0) is 11.1. The van der Waals surface area contributed by atoms with Gasteiger partial charge >= 0.3 is 0 Å². The SMILES string of the molecule is CCSC1CCCC1NC(=O)CCCN.Cl. The van der Waals surface area contributed by atoms with Gasteiger partial charge in [-0.2, -0.15) is 11.8 Å². The quantitative estimate of drug-likeness (QED) is 0.773. The van der Waals surface area contributed by atoms with E-state index in [-0.39, 0.29) is 18.3 Å². The lowest BCUT2D eigenvalue weighted by Gasteiger charge is -2.20. The van der Waals surface area contributed by atoms with E-state index in [2.05, 4.69) is 12.2 Å². The topological polar surface area (TPSA) is 55.1 Å². The van der Waals surface area contributed by atoms with Crippen molar-refractivity contribution in [3.8, 4) is 0 Å². The van der Waals surface area contributed by atoms with E-state index in [4.69, 9.17) is 5.73 Å². The minimum absolute atomic E-state index is 0. The van der Waals surface area contributed by atoms with Gasteiger partial charge in [-0.05, 0) is 31.6 Å². The summed E-state index contributed by atoms with van der Waals surface area (Å²) in [6, 6.07) is 0.403. The molecule has 96 valence electrons. The molecule has 3 nitrogen and oxygen atoms in total. The van der Waals surface area contributed by atoms with Gasteiger partial charge in [0.15, 0.2) is 0 Å². The fourth-order valence-corrected chi connectivity index (χ4v) is 3.24. The second-order valence-corrected chi connectivity index (χ2v) is 5.51. The lowest BCUT2D eigenvalue weighted by atomic mass is 10.2. The van der Waals surface area contributed by atoms with E-state index in [9.17, 15) is 4.79 Å². The third kappa shape index (κ3) is 5.41. The van der Waals surface area contributed by atoms with E-state index in [1.165, 1.54) is 12.8 Å². The van der Waals surface area contributed by atoms with Crippen molar-refractivity contribution in [1.82, 2.24) is 5.32 Å². The summed E-state index contributed by atoms with van der Waals surface area (Å²) < 4.78 is 0. The van der Waals surface area contributed by atoms with Gasteiger partial charge in [-0.15, -0.1) is 12.4 Å².